The monoisotopic (exact) mass is 617 g/mol. The molecule has 3 fully saturated rings. The van der Waals surface area contributed by atoms with Crippen molar-refractivity contribution in [3.63, 3.8) is 0 Å². The Morgan fingerprint density at radius 1 is 1.07 bits per heavy atom. The first-order valence-corrected chi connectivity index (χ1v) is 16.7. The average Bonchev–Trinajstić information content (AvgIpc) is 3.73. The van der Waals surface area contributed by atoms with Gasteiger partial charge in [0.2, 0.25) is 0 Å². The molecule has 5 aliphatic heterocycles. The van der Waals surface area contributed by atoms with Crippen LogP contribution in [0.5, 0.6) is 6.01 Å². The molecule has 3 aromatic heterocycles. The number of aliphatic hydroxyl groups is 1. The zero-order valence-corrected chi connectivity index (χ0v) is 25.9. The number of anilines is 1. The molecule has 0 spiro atoms. The standard InChI is InChI=1S/C34H41F2N7O2/c1-20-13-27-25(16-38-41-27)28-24(20)7-2-6-23(44)9-8-21-5-3-11-42(17-21)32-26-15-37-31(28)29(36)30(26)39-33(40-32)45-19-34-10-4-12-43(34)18-22(35)14-34/h13,15-16,21-23,44H,2-12,14,17-19H2,1H3,(H,38,41)/t21-,22-,23+,34+/m1/s1. The predicted molar refractivity (Wildman–Crippen MR) is 169 cm³/mol. The number of rotatable bonds is 3. The van der Waals surface area contributed by atoms with E-state index in [9.17, 15) is 9.50 Å². The molecule has 238 valence electrons. The highest BCUT2D eigenvalue weighted by atomic mass is 19.1. The maximum atomic E-state index is 17.0. The molecule has 9 rings (SSSR count). The van der Waals surface area contributed by atoms with Gasteiger partial charge in [-0.15, -0.1) is 0 Å². The Hall–Kier alpha value is -3.44. The van der Waals surface area contributed by atoms with Gasteiger partial charge in [-0.25, -0.2) is 8.78 Å². The number of H-pyrrole nitrogens is 1. The molecule has 0 radical (unpaired) electrons. The van der Waals surface area contributed by atoms with Crippen LogP contribution in [0.4, 0.5) is 14.6 Å². The molecule has 1 aromatic carbocycles. The Morgan fingerprint density at radius 3 is 2.89 bits per heavy atom. The fraction of sp³-hybridized carbons (Fsp3) is 0.588. The van der Waals surface area contributed by atoms with E-state index >= 15 is 4.39 Å². The first kappa shape index (κ1) is 29.0. The Morgan fingerprint density at radius 2 is 1.98 bits per heavy atom. The maximum absolute atomic E-state index is 17.0. The van der Waals surface area contributed by atoms with E-state index in [1.807, 2.05) is 13.0 Å². The number of ether oxygens (including phenoxy) is 1. The van der Waals surface area contributed by atoms with Crippen molar-refractivity contribution in [1.82, 2.24) is 30.0 Å². The number of alkyl halides is 1. The van der Waals surface area contributed by atoms with E-state index < -0.39 is 12.0 Å². The molecule has 0 aliphatic carbocycles. The second-order valence-electron chi connectivity index (χ2n) is 13.8. The quantitative estimate of drug-likeness (QED) is 0.304. The van der Waals surface area contributed by atoms with Crippen LogP contribution in [0.3, 0.4) is 0 Å². The molecule has 4 aromatic rings. The molecule has 6 bridgehead atoms. The highest BCUT2D eigenvalue weighted by Crippen LogP contribution is 2.42. The molecule has 3 saturated heterocycles. The lowest BCUT2D eigenvalue weighted by Gasteiger charge is -2.35. The predicted octanol–water partition coefficient (Wildman–Crippen LogP) is 5.66. The summed E-state index contributed by atoms with van der Waals surface area (Å²) in [5.41, 5.74) is 3.59. The van der Waals surface area contributed by atoms with Gasteiger partial charge in [-0.1, -0.05) is 0 Å². The summed E-state index contributed by atoms with van der Waals surface area (Å²) in [5, 5.41) is 19.6. The highest BCUT2D eigenvalue weighted by molar-refractivity contribution is 5.99. The number of hydrogen-bond donors (Lipinski definition) is 2. The fourth-order valence-corrected chi connectivity index (χ4v) is 8.59. The SMILES string of the molecule is Cc1cc2[nH]ncc2c2c1CCC[C@H](O)CC[C@H]1CCCN(C1)c1nc(OC[C@@]34CCCN3C[C@H](F)C4)nc3c(F)c-2ncc13. The number of hydrogen-bond acceptors (Lipinski definition) is 8. The van der Waals surface area contributed by atoms with Gasteiger partial charge >= 0.3 is 6.01 Å². The summed E-state index contributed by atoms with van der Waals surface area (Å²) in [4.78, 5) is 18.8. The van der Waals surface area contributed by atoms with Crippen molar-refractivity contribution in [2.75, 3.05) is 37.7 Å². The summed E-state index contributed by atoms with van der Waals surface area (Å²) < 4.78 is 37.9. The maximum Gasteiger partial charge on any atom is 0.319 e. The lowest BCUT2D eigenvalue weighted by Crippen LogP contribution is -2.43. The summed E-state index contributed by atoms with van der Waals surface area (Å²) in [7, 11) is 0. The smallest absolute Gasteiger partial charge is 0.319 e. The third-order valence-corrected chi connectivity index (χ3v) is 10.9. The van der Waals surface area contributed by atoms with Crippen molar-refractivity contribution in [3.05, 3.63) is 35.4 Å². The molecule has 2 N–H and O–H groups in total. The zero-order chi connectivity index (χ0) is 30.7. The van der Waals surface area contributed by atoms with Crippen LogP contribution < -0.4 is 9.64 Å². The molecule has 11 heteroatoms. The Bertz CT molecular complexity index is 1750. The van der Waals surface area contributed by atoms with Crippen LogP contribution in [0.15, 0.2) is 18.5 Å². The van der Waals surface area contributed by atoms with Crippen molar-refractivity contribution in [1.29, 1.82) is 0 Å². The lowest BCUT2D eigenvalue weighted by atomic mass is 9.89. The molecule has 4 atom stereocenters. The first-order chi connectivity index (χ1) is 21.9. The molecular formula is C34H41F2N7O2. The van der Waals surface area contributed by atoms with E-state index in [-0.39, 0.29) is 35.5 Å². The second-order valence-corrected chi connectivity index (χ2v) is 13.8. The van der Waals surface area contributed by atoms with Crippen LogP contribution in [0, 0.1) is 18.7 Å². The number of nitrogens with one attached hydrogen (secondary N) is 1. The average molecular weight is 618 g/mol. The number of halogens is 2. The Balaban J connectivity index is 1.28. The van der Waals surface area contributed by atoms with Gasteiger partial charge in [0.25, 0.3) is 0 Å². The van der Waals surface area contributed by atoms with E-state index in [0.29, 0.717) is 48.5 Å². The van der Waals surface area contributed by atoms with Gasteiger partial charge in [0.05, 0.1) is 28.7 Å². The summed E-state index contributed by atoms with van der Waals surface area (Å²) in [6, 6.07) is 2.17. The van der Waals surface area contributed by atoms with E-state index in [1.54, 1.807) is 12.4 Å². The zero-order valence-electron chi connectivity index (χ0n) is 25.9. The Kier molecular flexibility index (Phi) is 7.36. The molecule has 0 saturated carbocycles. The van der Waals surface area contributed by atoms with Crippen LogP contribution in [-0.2, 0) is 6.42 Å². The van der Waals surface area contributed by atoms with Crippen LogP contribution in [0.1, 0.15) is 68.9 Å². The van der Waals surface area contributed by atoms with Crippen LogP contribution in [-0.4, -0.2) is 85.8 Å². The number of pyridine rings is 1. The molecule has 0 unspecified atom stereocenters. The van der Waals surface area contributed by atoms with Crippen molar-refractivity contribution < 1.29 is 18.6 Å². The third kappa shape index (κ3) is 5.12. The van der Waals surface area contributed by atoms with Gasteiger partial charge in [-0.3, -0.25) is 15.0 Å². The van der Waals surface area contributed by atoms with Gasteiger partial charge in [0, 0.05) is 43.2 Å². The van der Waals surface area contributed by atoms with Gasteiger partial charge in [-0.2, -0.15) is 15.1 Å². The number of aryl methyl sites for hydroxylation is 1. The molecule has 8 heterocycles. The molecular weight excluding hydrogens is 576 g/mol. The van der Waals surface area contributed by atoms with E-state index in [1.165, 1.54) is 0 Å². The lowest BCUT2D eigenvalue weighted by molar-refractivity contribution is 0.107. The van der Waals surface area contributed by atoms with Crippen LogP contribution in [0.25, 0.3) is 33.1 Å². The van der Waals surface area contributed by atoms with Crippen LogP contribution in [0.2, 0.25) is 0 Å². The van der Waals surface area contributed by atoms with Crippen molar-refractivity contribution in [2.45, 2.75) is 88.9 Å². The van der Waals surface area contributed by atoms with E-state index in [2.05, 4.69) is 20.0 Å². The molecule has 5 aliphatic rings. The minimum atomic E-state index is -0.869. The number of nitrogens with zero attached hydrogens (tertiary/aromatic N) is 6. The first-order valence-electron chi connectivity index (χ1n) is 16.7. The number of benzene rings is 1. The number of fused-ring (bicyclic) bond motifs is 8. The summed E-state index contributed by atoms with van der Waals surface area (Å²) in [6.07, 6.45) is 10.4. The Labute approximate surface area is 261 Å². The normalized spacial score (nSPS) is 27.5. The minimum absolute atomic E-state index is 0.119. The number of aromatic amines is 1. The largest absolute Gasteiger partial charge is 0.461 e. The van der Waals surface area contributed by atoms with Crippen LogP contribution >= 0.6 is 0 Å². The molecule has 9 nitrogen and oxygen atoms in total. The third-order valence-electron chi connectivity index (χ3n) is 10.9. The van der Waals surface area contributed by atoms with Crippen molar-refractivity contribution >= 4 is 27.6 Å². The minimum Gasteiger partial charge on any atom is -0.461 e. The number of aromatic nitrogens is 5. The van der Waals surface area contributed by atoms with E-state index in [4.69, 9.17) is 19.7 Å². The molecule has 0 amide bonds. The van der Waals surface area contributed by atoms with E-state index in [0.717, 1.165) is 86.6 Å². The van der Waals surface area contributed by atoms with Gasteiger partial charge in [0.1, 0.15) is 29.8 Å². The highest BCUT2D eigenvalue weighted by Gasteiger charge is 2.49. The summed E-state index contributed by atoms with van der Waals surface area (Å²) >= 11 is 0. The topological polar surface area (TPSA) is 103 Å². The summed E-state index contributed by atoms with van der Waals surface area (Å²) in [5.74, 6) is 0.510. The summed E-state index contributed by atoms with van der Waals surface area (Å²) in [6.45, 7) is 5.15. The fourth-order valence-electron chi connectivity index (χ4n) is 8.59. The van der Waals surface area contributed by atoms with Gasteiger partial charge in [0.15, 0.2) is 5.82 Å². The second kappa shape index (κ2) is 11.4. The van der Waals surface area contributed by atoms with Gasteiger partial charge in [-0.05, 0) is 94.4 Å². The molecule has 45 heavy (non-hydrogen) atoms. The van der Waals surface area contributed by atoms with Crippen molar-refractivity contribution in [3.8, 4) is 17.3 Å². The van der Waals surface area contributed by atoms with Gasteiger partial charge < -0.3 is 14.7 Å². The van der Waals surface area contributed by atoms with Crippen molar-refractivity contribution in [2.24, 2.45) is 5.92 Å². The number of piperidine rings is 1. The number of aliphatic hydroxyl groups excluding tert-OH is 1.